The van der Waals surface area contributed by atoms with E-state index in [9.17, 15) is 9.90 Å². The molecular formula is C23H35Cl2N3O2. The average Bonchev–Trinajstić information content (AvgIpc) is 2.72. The number of carbonyl (C=O) groups excluding carboxylic acids is 1. The van der Waals surface area contributed by atoms with Gasteiger partial charge in [-0.2, -0.15) is 0 Å². The van der Waals surface area contributed by atoms with Crippen LogP contribution in [-0.2, 0) is 4.79 Å². The van der Waals surface area contributed by atoms with Crippen molar-refractivity contribution in [2.75, 3.05) is 31.1 Å². The van der Waals surface area contributed by atoms with Gasteiger partial charge in [-0.3, -0.25) is 9.69 Å². The van der Waals surface area contributed by atoms with E-state index in [0.717, 1.165) is 69.0 Å². The molecule has 2 atom stereocenters. The smallest absolute Gasteiger partial charge is 0.248 e. The molecule has 2 N–H and O–H groups in total. The Bertz CT molecular complexity index is 735. The molecule has 0 unspecified atom stereocenters. The van der Waals surface area contributed by atoms with E-state index in [4.69, 9.17) is 23.2 Å². The Kier molecular flexibility index (Phi) is 8.31. The molecule has 1 saturated carbocycles. The summed E-state index contributed by atoms with van der Waals surface area (Å²) in [7, 11) is 0. The second-order valence-corrected chi connectivity index (χ2v) is 9.82. The Hall–Kier alpha value is -1.01. The number of halogens is 2. The Morgan fingerprint density at radius 2 is 1.90 bits per heavy atom. The fourth-order valence-corrected chi connectivity index (χ4v) is 5.21. The van der Waals surface area contributed by atoms with E-state index in [1.165, 1.54) is 13.3 Å². The van der Waals surface area contributed by atoms with Crippen LogP contribution in [0.2, 0.25) is 10.0 Å². The molecule has 0 radical (unpaired) electrons. The lowest BCUT2D eigenvalue weighted by atomic mass is 9.84. The predicted molar refractivity (Wildman–Crippen MR) is 125 cm³/mol. The molecule has 5 nitrogen and oxygen atoms in total. The molecule has 0 spiro atoms. The van der Waals surface area contributed by atoms with Crippen LogP contribution in [0, 0.1) is 12.8 Å². The van der Waals surface area contributed by atoms with Crippen LogP contribution in [0.3, 0.4) is 0 Å². The number of nitrogens with zero attached hydrogens (tertiary/aromatic N) is 2. The molecule has 2 fully saturated rings. The van der Waals surface area contributed by atoms with Crippen molar-refractivity contribution in [3.8, 4) is 0 Å². The van der Waals surface area contributed by atoms with Gasteiger partial charge >= 0.3 is 0 Å². The molecule has 1 saturated heterocycles. The first-order valence-corrected chi connectivity index (χ1v) is 11.9. The highest BCUT2D eigenvalue weighted by Gasteiger charge is 2.28. The van der Waals surface area contributed by atoms with E-state index < -0.39 is 6.10 Å². The SMILES string of the molecule is Cc1ccc(N2CCN(CC[C@H]3CC[C@H](NC(=O)[C@H](C)O)CC3)C[C@H]2C)c(Cl)c1Cl. The Labute approximate surface area is 190 Å². The highest BCUT2D eigenvalue weighted by atomic mass is 35.5. The van der Waals surface area contributed by atoms with Gasteiger partial charge in [0.2, 0.25) is 5.91 Å². The van der Waals surface area contributed by atoms with Crippen LogP contribution in [0.5, 0.6) is 0 Å². The highest BCUT2D eigenvalue weighted by Crippen LogP contribution is 2.36. The number of anilines is 1. The minimum absolute atomic E-state index is 0.220. The zero-order valence-electron chi connectivity index (χ0n) is 18.3. The molecule has 2 aliphatic rings. The summed E-state index contributed by atoms with van der Waals surface area (Å²) in [6.45, 7) is 9.89. The van der Waals surface area contributed by atoms with Crippen LogP contribution in [0.1, 0.15) is 51.5 Å². The van der Waals surface area contributed by atoms with E-state index in [2.05, 4.69) is 28.1 Å². The predicted octanol–water partition coefficient (Wildman–Crippen LogP) is 4.26. The van der Waals surface area contributed by atoms with Crippen LogP contribution in [0.4, 0.5) is 5.69 Å². The topological polar surface area (TPSA) is 55.8 Å². The van der Waals surface area contributed by atoms with Gasteiger partial charge in [-0.25, -0.2) is 0 Å². The second kappa shape index (κ2) is 10.5. The summed E-state index contributed by atoms with van der Waals surface area (Å²) >= 11 is 12.9. The summed E-state index contributed by atoms with van der Waals surface area (Å²) in [4.78, 5) is 16.6. The summed E-state index contributed by atoms with van der Waals surface area (Å²) in [5.41, 5.74) is 2.05. The number of carbonyl (C=O) groups is 1. The molecule has 1 aliphatic carbocycles. The molecule has 3 rings (SSSR count). The fourth-order valence-electron chi connectivity index (χ4n) is 4.73. The number of aryl methyl sites for hydroxylation is 1. The third kappa shape index (κ3) is 5.82. The molecule has 0 aromatic heterocycles. The van der Waals surface area contributed by atoms with Crippen molar-refractivity contribution in [2.45, 2.75) is 71.1 Å². The maximum atomic E-state index is 11.7. The first kappa shape index (κ1) is 23.6. The number of hydrogen-bond acceptors (Lipinski definition) is 4. The molecule has 7 heteroatoms. The van der Waals surface area contributed by atoms with Crippen molar-refractivity contribution in [1.82, 2.24) is 10.2 Å². The van der Waals surface area contributed by atoms with Gasteiger partial charge in [0.15, 0.2) is 0 Å². The van der Waals surface area contributed by atoms with Crippen LogP contribution in [-0.4, -0.2) is 60.3 Å². The van der Waals surface area contributed by atoms with Crippen molar-refractivity contribution in [1.29, 1.82) is 0 Å². The number of amides is 1. The third-order valence-electron chi connectivity index (χ3n) is 6.70. The first-order chi connectivity index (χ1) is 14.3. The number of aliphatic hydroxyl groups is 1. The second-order valence-electron chi connectivity index (χ2n) is 9.06. The van der Waals surface area contributed by atoms with Gasteiger partial charge in [-0.15, -0.1) is 0 Å². The van der Waals surface area contributed by atoms with Crippen molar-refractivity contribution in [2.24, 2.45) is 5.92 Å². The largest absolute Gasteiger partial charge is 0.384 e. The van der Waals surface area contributed by atoms with E-state index in [0.29, 0.717) is 16.1 Å². The zero-order chi connectivity index (χ0) is 21.8. The quantitative estimate of drug-likeness (QED) is 0.672. The lowest BCUT2D eigenvalue weighted by Crippen LogP contribution is -2.52. The number of aliphatic hydroxyl groups excluding tert-OH is 1. The van der Waals surface area contributed by atoms with E-state index >= 15 is 0 Å². The van der Waals surface area contributed by atoms with Gasteiger partial charge in [0.05, 0.1) is 15.7 Å². The highest BCUT2D eigenvalue weighted by molar-refractivity contribution is 6.44. The van der Waals surface area contributed by atoms with Crippen LogP contribution in [0.25, 0.3) is 0 Å². The Morgan fingerprint density at radius 3 is 2.53 bits per heavy atom. The van der Waals surface area contributed by atoms with Crippen molar-refractivity contribution in [3.63, 3.8) is 0 Å². The van der Waals surface area contributed by atoms with Crippen LogP contribution < -0.4 is 10.2 Å². The van der Waals surface area contributed by atoms with Gasteiger partial charge in [0.1, 0.15) is 6.10 Å². The van der Waals surface area contributed by atoms with Crippen molar-refractivity contribution in [3.05, 3.63) is 27.7 Å². The van der Waals surface area contributed by atoms with Crippen molar-refractivity contribution < 1.29 is 9.90 Å². The number of benzene rings is 1. The number of rotatable bonds is 6. The molecule has 1 aromatic carbocycles. The summed E-state index contributed by atoms with van der Waals surface area (Å²) in [6.07, 6.45) is 4.62. The number of hydrogen-bond donors (Lipinski definition) is 2. The summed E-state index contributed by atoms with van der Waals surface area (Å²) in [6, 6.07) is 4.74. The summed E-state index contributed by atoms with van der Waals surface area (Å²) in [5, 5.41) is 13.6. The van der Waals surface area contributed by atoms with E-state index in [1.54, 1.807) is 0 Å². The van der Waals surface area contributed by atoms with Crippen LogP contribution >= 0.6 is 23.2 Å². The lowest BCUT2D eigenvalue weighted by Gasteiger charge is -2.42. The minimum atomic E-state index is -0.922. The monoisotopic (exact) mass is 455 g/mol. The minimum Gasteiger partial charge on any atom is -0.384 e. The van der Waals surface area contributed by atoms with Gasteiger partial charge < -0.3 is 15.3 Å². The van der Waals surface area contributed by atoms with E-state index in [-0.39, 0.29) is 11.9 Å². The maximum absolute atomic E-state index is 11.7. The van der Waals surface area contributed by atoms with E-state index in [1.807, 2.05) is 13.0 Å². The molecule has 168 valence electrons. The van der Waals surface area contributed by atoms with Crippen LogP contribution in [0.15, 0.2) is 12.1 Å². The number of nitrogens with one attached hydrogen (secondary N) is 1. The molecule has 1 heterocycles. The Morgan fingerprint density at radius 1 is 1.20 bits per heavy atom. The van der Waals surface area contributed by atoms with Gasteiger partial charge in [0, 0.05) is 31.7 Å². The average molecular weight is 456 g/mol. The normalized spacial score (nSPS) is 26.5. The molecule has 1 amide bonds. The van der Waals surface area contributed by atoms with Gasteiger partial charge in [0.25, 0.3) is 0 Å². The molecule has 1 aliphatic heterocycles. The Balaban J connectivity index is 1.43. The molecule has 1 aromatic rings. The summed E-state index contributed by atoms with van der Waals surface area (Å²) < 4.78 is 0. The molecule has 30 heavy (non-hydrogen) atoms. The number of piperazine rings is 1. The maximum Gasteiger partial charge on any atom is 0.248 e. The summed E-state index contributed by atoms with van der Waals surface area (Å²) in [5.74, 6) is 0.476. The zero-order valence-corrected chi connectivity index (χ0v) is 19.8. The molecule has 0 bridgehead atoms. The third-order valence-corrected chi connectivity index (χ3v) is 7.67. The van der Waals surface area contributed by atoms with Crippen molar-refractivity contribution >= 4 is 34.8 Å². The van der Waals surface area contributed by atoms with Gasteiger partial charge in [-0.1, -0.05) is 29.3 Å². The lowest BCUT2D eigenvalue weighted by molar-refractivity contribution is -0.129. The first-order valence-electron chi connectivity index (χ1n) is 11.2. The standard InChI is InChI=1S/C23H35Cl2N3O2/c1-15-4-9-20(22(25)21(15)24)28-13-12-27(14-16(28)2)11-10-18-5-7-19(8-6-18)26-23(30)17(3)29/h4,9,16-19,29H,5-8,10-14H2,1-3H3,(H,26,30)/t16-,17+,18-,19-/m1/s1. The molecular weight excluding hydrogens is 421 g/mol. The fraction of sp³-hybridized carbons (Fsp3) is 0.696. The van der Waals surface area contributed by atoms with Gasteiger partial charge in [-0.05, 0) is 77.0 Å².